The van der Waals surface area contributed by atoms with Crippen LogP contribution in [0.15, 0.2) is 11.1 Å². The van der Waals surface area contributed by atoms with Gasteiger partial charge in [-0.1, -0.05) is 13.8 Å². The molecule has 1 aromatic heterocycles. The van der Waals surface area contributed by atoms with Crippen LogP contribution in [0.25, 0.3) is 0 Å². The van der Waals surface area contributed by atoms with E-state index in [-0.39, 0.29) is 0 Å². The van der Waals surface area contributed by atoms with E-state index in [2.05, 4.69) is 28.7 Å². The highest BCUT2D eigenvalue weighted by Crippen LogP contribution is 2.38. The van der Waals surface area contributed by atoms with Crippen molar-refractivity contribution in [3.8, 4) is 0 Å². The van der Waals surface area contributed by atoms with Gasteiger partial charge in [0, 0.05) is 24.3 Å². The van der Waals surface area contributed by atoms with E-state index in [0.29, 0.717) is 11.7 Å². The Morgan fingerprint density at radius 2 is 2.06 bits per heavy atom. The minimum absolute atomic E-state index is 0.565. The number of nitrogens with two attached hydrogens (primary N) is 1. The average molecular weight is 266 g/mol. The summed E-state index contributed by atoms with van der Waals surface area (Å²) in [5.41, 5.74) is 5.83. The summed E-state index contributed by atoms with van der Waals surface area (Å²) in [6.07, 6.45) is 2.43. The van der Waals surface area contributed by atoms with Crippen molar-refractivity contribution in [3.63, 3.8) is 0 Å². The molecule has 4 nitrogen and oxygen atoms in total. The largest absolute Gasteiger partial charge is 0.384 e. The van der Waals surface area contributed by atoms with E-state index in [4.69, 9.17) is 5.73 Å². The van der Waals surface area contributed by atoms with E-state index >= 15 is 0 Å². The first-order valence-electron chi connectivity index (χ1n) is 6.72. The van der Waals surface area contributed by atoms with Gasteiger partial charge in [-0.2, -0.15) is 0 Å². The Kier molecular flexibility index (Phi) is 4.83. The Morgan fingerprint density at radius 3 is 2.67 bits per heavy atom. The summed E-state index contributed by atoms with van der Waals surface area (Å²) in [6, 6.07) is 1.89. The molecule has 2 N–H and O–H groups in total. The van der Waals surface area contributed by atoms with Crippen molar-refractivity contribution in [3.05, 3.63) is 11.9 Å². The molecule has 0 radical (unpaired) electrons. The summed E-state index contributed by atoms with van der Waals surface area (Å²) in [5, 5.41) is 1.02. The van der Waals surface area contributed by atoms with Crippen LogP contribution in [-0.4, -0.2) is 40.3 Å². The summed E-state index contributed by atoms with van der Waals surface area (Å²) in [6.45, 7) is 7.71. The standard InChI is InChI=1S/C13H22N4S/c1-3-17(4-2)7-8-18-12-9-11(14)15-13(16-12)10-5-6-10/h9-10H,3-8H2,1-2H3,(H2,14,15,16). The van der Waals surface area contributed by atoms with Crippen LogP contribution >= 0.6 is 11.8 Å². The van der Waals surface area contributed by atoms with Crippen LogP contribution in [0.4, 0.5) is 5.82 Å². The molecule has 18 heavy (non-hydrogen) atoms. The first kappa shape index (κ1) is 13.6. The molecule has 2 rings (SSSR count). The van der Waals surface area contributed by atoms with Crippen molar-refractivity contribution in [2.75, 3.05) is 31.1 Å². The van der Waals surface area contributed by atoms with Crippen molar-refractivity contribution >= 4 is 17.6 Å². The summed E-state index contributed by atoms with van der Waals surface area (Å²) >= 11 is 1.78. The number of nitrogen functional groups attached to an aromatic ring is 1. The Labute approximate surface area is 113 Å². The second kappa shape index (κ2) is 6.38. The van der Waals surface area contributed by atoms with Gasteiger partial charge in [-0.15, -0.1) is 11.8 Å². The van der Waals surface area contributed by atoms with Gasteiger partial charge < -0.3 is 10.6 Å². The molecule has 100 valence electrons. The zero-order chi connectivity index (χ0) is 13.0. The van der Waals surface area contributed by atoms with Gasteiger partial charge in [0.15, 0.2) is 0 Å². The fourth-order valence-corrected chi connectivity index (χ4v) is 2.80. The molecule has 1 aliphatic rings. The molecule has 0 saturated heterocycles. The highest BCUT2D eigenvalue weighted by molar-refractivity contribution is 7.99. The monoisotopic (exact) mass is 266 g/mol. The quantitative estimate of drug-likeness (QED) is 0.606. The van der Waals surface area contributed by atoms with Crippen LogP contribution in [0.3, 0.4) is 0 Å². The maximum absolute atomic E-state index is 5.83. The molecule has 0 unspecified atom stereocenters. The number of hydrogen-bond donors (Lipinski definition) is 1. The predicted octanol–water partition coefficient (Wildman–Crippen LogP) is 2.37. The number of hydrogen-bond acceptors (Lipinski definition) is 5. The van der Waals surface area contributed by atoms with E-state index in [1.165, 1.54) is 12.8 Å². The van der Waals surface area contributed by atoms with Crippen LogP contribution in [-0.2, 0) is 0 Å². The van der Waals surface area contributed by atoms with Gasteiger partial charge in [-0.3, -0.25) is 0 Å². The molecular formula is C13H22N4S. The Morgan fingerprint density at radius 1 is 1.33 bits per heavy atom. The smallest absolute Gasteiger partial charge is 0.135 e. The number of rotatable bonds is 7. The lowest BCUT2D eigenvalue weighted by Crippen LogP contribution is -2.25. The van der Waals surface area contributed by atoms with Crippen LogP contribution in [0.1, 0.15) is 38.4 Å². The Balaban J connectivity index is 1.88. The van der Waals surface area contributed by atoms with Gasteiger partial charge in [-0.05, 0) is 25.9 Å². The summed E-state index contributed by atoms with van der Waals surface area (Å²) < 4.78 is 0. The minimum atomic E-state index is 0.565. The zero-order valence-electron chi connectivity index (χ0n) is 11.2. The fraction of sp³-hybridized carbons (Fsp3) is 0.692. The molecule has 0 atom stereocenters. The van der Waals surface area contributed by atoms with Gasteiger partial charge in [0.05, 0.1) is 0 Å². The molecule has 1 aliphatic carbocycles. The highest BCUT2D eigenvalue weighted by Gasteiger charge is 2.27. The molecular weight excluding hydrogens is 244 g/mol. The van der Waals surface area contributed by atoms with Gasteiger partial charge in [0.25, 0.3) is 0 Å². The van der Waals surface area contributed by atoms with Crippen LogP contribution in [0.5, 0.6) is 0 Å². The summed E-state index contributed by atoms with van der Waals surface area (Å²) in [4.78, 5) is 11.3. The van der Waals surface area contributed by atoms with E-state index < -0.39 is 0 Å². The first-order valence-corrected chi connectivity index (χ1v) is 7.71. The molecule has 5 heteroatoms. The van der Waals surface area contributed by atoms with Crippen molar-refractivity contribution in [1.29, 1.82) is 0 Å². The van der Waals surface area contributed by atoms with E-state index in [0.717, 1.165) is 36.2 Å². The lowest BCUT2D eigenvalue weighted by atomic mass is 10.4. The predicted molar refractivity (Wildman–Crippen MR) is 76.9 cm³/mol. The normalized spacial score (nSPS) is 15.3. The zero-order valence-corrected chi connectivity index (χ0v) is 12.0. The molecule has 1 aromatic rings. The molecule has 1 saturated carbocycles. The van der Waals surface area contributed by atoms with Crippen molar-refractivity contribution in [2.24, 2.45) is 0 Å². The van der Waals surface area contributed by atoms with Crippen molar-refractivity contribution < 1.29 is 0 Å². The fourth-order valence-electron chi connectivity index (χ4n) is 1.88. The molecule has 0 spiro atoms. The lowest BCUT2D eigenvalue weighted by Gasteiger charge is -2.17. The van der Waals surface area contributed by atoms with Gasteiger partial charge in [0.1, 0.15) is 16.7 Å². The van der Waals surface area contributed by atoms with Gasteiger partial charge in [0.2, 0.25) is 0 Å². The minimum Gasteiger partial charge on any atom is -0.384 e. The van der Waals surface area contributed by atoms with Crippen LogP contribution in [0.2, 0.25) is 0 Å². The van der Waals surface area contributed by atoms with Gasteiger partial charge in [-0.25, -0.2) is 9.97 Å². The molecule has 1 fully saturated rings. The van der Waals surface area contributed by atoms with Crippen molar-refractivity contribution in [2.45, 2.75) is 37.6 Å². The van der Waals surface area contributed by atoms with E-state index in [1.54, 1.807) is 11.8 Å². The second-order valence-electron chi connectivity index (χ2n) is 4.64. The molecule has 0 bridgehead atoms. The van der Waals surface area contributed by atoms with Crippen molar-refractivity contribution in [1.82, 2.24) is 14.9 Å². The Bertz CT molecular complexity index is 389. The maximum atomic E-state index is 5.83. The maximum Gasteiger partial charge on any atom is 0.135 e. The summed E-state index contributed by atoms with van der Waals surface area (Å²) in [7, 11) is 0. The third-order valence-electron chi connectivity index (χ3n) is 3.23. The molecule has 0 aromatic carbocycles. The van der Waals surface area contributed by atoms with E-state index in [1.807, 2.05) is 6.07 Å². The number of nitrogens with zero attached hydrogens (tertiary/aromatic N) is 3. The first-order chi connectivity index (χ1) is 8.72. The Hall–Kier alpha value is -0.810. The third kappa shape index (κ3) is 3.85. The third-order valence-corrected chi connectivity index (χ3v) is 4.13. The van der Waals surface area contributed by atoms with Crippen LogP contribution < -0.4 is 5.73 Å². The molecule has 0 aliphatic heterocycles. The molecule has 0 amide bonds. The number of aromatic nitrogens is 2. The SMILES string of the molecule is CCN(CC)CCSc1cc(N)nc(C2CC2)n1. The highest BCUT2D eigenvalue weighted by atomic mass is 32.2. The lowest BCUT2D eigenvalue weighted by molar-refractivity contribution is 0.324. The van der Waals surface area contributed by atoms with E-state index in [9.17, 15) is 0 Å². The number of anilines is 1. The number of thioether (sulfide) groups is 1. The van der Waals surface area contributed by atoms with Crippen LogP contribution in [0, 0.1) is 0 Å². The second-order valence-corrected chi connectivity index (χ2v) is 5.75. The topological polar surface area (TPSA) is 55.0 Å². The summed E-state index contributed by atoms with van der Waals surface area (Å²) in [5.74, 6) is 3.18. The molecule has 1 heterocycles. The van der Waals surface area contributed by atoms with Gasteiger partial charge >= 0.3 is 0 Å². The average Bonchev–Trinajstić information content (AvgIpc) is 3.18.